The molecule has 1 aliphatic rings. The van der Waals surface area contributed by atoms with Gasteiger partial charge in [-0.2, -0.15) is 0 Å². The molecule has 4 heteroatoms. The van der Waals surface area contributed by atoms with Crippen LogP contribution in [0.4, 0.5) is 4.39 Å². The topological polar surface area (TPSA) is 23.6 Å². The van der Waals surface area contributed by atoms with Crippen LogP contribution < -0.4 is 0 Å². The summed E-state index contributed by atoms with van der Waals surface area (Å²) in [6.45, 7) is 10.3. The predicted octanol–water partition coefficient (Wildman–Crippen LogP) is 2.56. The molecular weight excluding hydrogens is 267 g/mol. The van der Waals surface area contributed by atoms with Gasteiger partial charge in [0, 0.05) is 38.1 Å². The molecule has 0 aliphatic carbocycles. The maximum Gasteiger partial charge on any atom is 0.228 e. The molecule has 3 nitrogen and oxygen atoms in total. The molecular formula is C17H25FN2O. The molecule has 1 aliphatic heterocycles. The standard InChI is InChI=1S/C17H25FN2O/c1-17(2,3)16(21)20-12-10-19(11-13-20)9-8-14-4-6-15(18)7-5-14/h4-7H,8-13H2,1-3H3. The molecule has 0 N–H and O–H groups in total. The van der Waals surface area contributed by atoms with Crippen molar-refractivity contribution in [2.45, 2.75) is 27.2 Å². The molecule has 116 valence electrons. The number of rotatable bonds is 3. The van der Waals surface area contributed by atoms with Gasteiger partial charge in [0.25, 0.3) is 0 Å². The van der Waals surface area contributed by atoms with Gasteiger partial charge in [0.15, 0.2) is 0 Å². The van der Waals surface area contributed by atoms with Crippen molar-refractivity contribution in [2.75, 3.05) is 32.7 Å². The molecule has 0 spiro atoms. The number of halogens is 1. The van der Waals surface area contributed by atoms with Crippen molar-refractivity contribution in [1.82, 2.24) is 9.80 Å². The van der Waals surface area contributed by atoms with Crippen LogP contribution in [-0.4, -0.2) is 48.4 Å². The second-order valence-corrected chi connectivity index (χ2v) is 6.76. The molecule has 1 fully saturated rings. The summed E-state index contributed by atoms with van der Waals surface area (Å²) in [4.78, 5) is 16.5. The Morgan fingerprint density at radius 1 is 1.10 bits per heavy atom. The highest BCUT2D eigenvalue weighted by Gasteiger charge is 2.29. The van der Waals surface area contributed by atoms with Gasteiger partial charge < -0.3 is 4.90 Å². The molecule has 1 aromatic carbocycles. The minimum absolute atomic E-state index is 0.187. The molecule has 1 heterocycles. The molecule has 0 bridgehead atoms. The van der Waals surface area contributed by atoms with E-state index in [1.807, 2.05) is 37.8 Å². The lowest BCUT2D eigenvalue weighted by Gasteiger charge is -2.37. The first-order valence-corrected chi connectivity index (χ1v) is 7.62. The average Bonchev–Trinajstić information content (AvgIpc) is 2.45. The van der Waals surface area contributed by atoms with Gasteiger partial charge in [-0.15, -0.1) is 0 Å². The lowest BCUT2D eigenvalue weighted by Crippen LogP contribution is -2.51. The Hall–Kier alpha value is -1.42. The summed E-state index contributed by atoms with van der Waals surface area (Å²) in [7, 11) is 0. The Morgan fingerprint density at radius 2 is 1.67 bits per heavy atom. The van der Waals surface area contributed by atoms with Crippen molar-refractivity contribution in [2.24, 2.45) is 5.41 Å². The normalized spacial score (nSPS) is 17.0. The second kappa shape index (κ2) is 6.56. The van der Waals surface area contributed by atoms with Crippen LogP contribution in [0.25, 0.3) is 0 Å². The van der Waals surface area contributed by atoms with Crippen molar-refractivity contribution in [3.05, 3.63) is 35.6 Å². The fraction of sp³-hybridized carbons (Fsp3) is 0.588. The van der Waals surface area contributed by atoms with Gasteiger partial charge in [0.2, 0.25) is 5.91 Å². The number of hydrogen-bond acceptors (Lipinski definition) is 2. The van der Waals surface area contributed by atoms with Crippen LogP contribution in [0.3, 0.4) is 0 Å². The van der Waals surface area contributed by atoms with E-state index in [-0.39, 0.29) is 17.1 Å². The van der Waals surface area contributed by atoms with Crippen LogP contribution >= 0.6 is 0 Å². The van der Waals surface area contributed by atoms with Gasteiger partial charge in [-0.25, -0.2) is 4.39 Å². The van der Waals surface area contributed by atoms with E-state index < -0.39 is 0 Å². The van der Waals surface area contributed by atoms with E-state index in [9.17, 15) is 9.18 Å². The van der Waals surface area contributed by atoms with E-state index in [0.717, 1.165) is 44.7 Å². The second-order valence-electron chi connectivity index (χ2n) is 6.76. The minimum atomic E-state index is -0.295. The summed E-state index contributed by atoms with van der Waals surface area (Å²) in [6.07, 6.45) is 0.924. The molecule has 1 aromatic rings. The summed E-state index contributed by atoms with van der Waals surface area (Å²) in [5.74, 6) is 0.0498. The van der Waals surface area contributed by atoms with Crippen molar-refractivity contribution < 1.29 is 9.18 Å². The molecule has 21 heavy (non-hydrogen) atoms. The lowest BCUT2D eigenvalue weighted by atomic mass is 9.94. The summed E-state index contributed by atoms with van der Waals surface area (Å²) in [6, 6.07) is 6.70. The summed E-state index contributed by atoms with van der Waals surface area (Å²) < 4.78 is 12.8. The van der Waals surface area contributed by atoms with Crippen LogP contribution in [-0.2, 0) is 11.2 Å². The van der Waals surface area contributed by atoms with Gasteiger partial charge in [-0.3, -0.25) is 9.69 Å². The minimum Gasteiger partial charge on any atom is -0.340 e. The number of piperazine rings is 1. The maximum atomic E-state index is 12.8. The number of carbonyl (C=O) groups is 1. The monoisotopic (exact) mass is 292 g/mol. The zero-order valence-corrected chi connectivity index (χ0v) is 13.2. The molecule has 1 amide bonds. The van der Waals surface area contributed by atoms with Gasteiger partial charge in [-0.1, -0.05) is 32.9 Å². The van der Waals surface area contributed by atoms with Gasteiger partial charge in [0.1, 0.15) is 5.82 Å². The fourth-order valence-corrected chi connectivity index (χ4v) is 2.59. The zero-order valence-electron chi connectivity index (χ0n) is 13.2. The van der Waals surface area contributed by atoms with Gasteiger partial charge in [0.05, 0.1) is 0 Å². The third-order valence-corrected chi connectivity index (χ3v) is 3.93. The van der Waals surface area contributed by atoms with Crippen molar-refractivity contribution in [3.63, 3.8) is 0 Å². The van der Waals surface area contributed by atoms with Crippen molar-refractivity contribution in [1.29, 1.82) is 0 Å². The average molecular weight is 292 g/mol. The van der Waals surface area contributed by atoms with Gasteiger partial charge >= 0.3 is 0 Å². The molecule has 0 atom stereocenters. The Bertz CT molecular complexity index is 471. The Labute approximate surface area is 126 Å². The van der Waals surface area contributed by atoms with Crippen LogP contribution in [0.15, 0.2) is 24.3 Å². The number of nitrogens with zero attached hydrogens (tertiary/aromatic N) is 2. The first-order chi connectivity index (χ1) is 9.86. The Kier molecular flexibility index (Phi) is 4.99. The lowest BCUT2D eigenvalue weighted by molar-refractivity contribution is -0.141. The quantitative estimate of drug-likeness (QED) is 0.855. The molecule has 0 aromatic heterocycles. The van der Waals surface area contributed by atoms with Crippen LogP contribution in [0, 0.1) is 11.2 Å². The number of carbonyl (C=O) groups excluding carboxylic acids is 1. The van der Waals surface area contributed by atoms with E-state index in [2.05, 4.69) is 4.90 Å². The number of benzene rings is 1. The van der Waals surface area contributed by atoms with Crippen molar-refractivity contribution in [3.8, 4) is 0 Å². The third kappa shape index (κ3) is 4.53. The predicted molar refractivity (Wildman–Crippen MR) is 82.6 cm³/mol. The molecule has 0 unspecified atom stereocenters. The maximum absolute atomic E-state index is 12.8. The van der Waals surface area contributed by atoms with E-state index in [0.29, 0.717) is 0 Å². The van der Waals surface area contributed by atoms with E-state index in [4.69, 9.17) is 0 Å². The molecule has 0 saturated carbocycles. The largest absolute Gasteiger partial charge is 0.340 e. The van der Waals surface area contributed by atoms with Gasteiger partial charge in [-0.05, 0) is 24.1 Å². The first-order valence-electron chi connectivity index (χ1n) is 7.62. The first kappa shape index (κ1) is 16.0. The fourth-order valence-electron chi connectivity index (χ4n) is 2.59. The van der Waals surface area contributed by atoms with Crippen LogP contribution in [0.1, 0.15) is 26.3 Å². The number of hydrogen-bond donors (Lipinski definition) is 0. The molecule has 1 saturated heterocycles. The Balaban J connectivity index is 1.77. The van der Waals surface area contributed by atoms with Crippen LogP contribution in [0.5, 0.6) is 0 Å². The Morgan fingerprint density at radius 3 is 2.19 bits per heavy atom. The zero-order chi connectivity index (χ0) is 15.5. The highest BCUT2D eigenvalue weighted by Crippen LogP contribution is 2.18. The molecule has 0 radical (unpaired) electrons. The van der Waals surface area contributed by atoms with Crippen molar-refractivity contribution >= 4 is 5.91 Å². The van der Waals surface area contributed by atoms with E-state index >= 15 is 0 Å². The highest BCUT2D eigenvalue weighted by molar-refractivity contribution is 5.81. The summed E-state index contributed by atoms with van der Waals surface area (Å²) in [5, 5.41) is 0. The van der Waals surface area contributed by atoms with Crippen LogP contribution in [0.2, 0.25) is 0 Å². The highest BCUT2D eigenvalue weighted by atomic mass is 19.1. The molecule has 2 rings (SSSR count). The van der Waals surface area contributed by atoms with E-state index in [1.54, 1.807) is 0 Å². The number of amides is 1. The van der Waals surface area contributed by atoms with E-state index in [1.165, 1.54) is 12.1 Å². The SMILES string of the molecule is CC(C)(C)C(=O)N1CCN(CCc2ccc(F)cc2)CC1. The third-order valence-electron chi connectivity index (χ3n) is 3.93. The smallest absolute Gasteiger partial charge is 0.228 e. The summed E-state index contributed by atoms with van der Waals surface area (Å²) >= 11 is 0. The summed E-state index contributed by atoms with van der Waals surface area (Å²) in [5.41, 5.74) is 0.862.